The van der Waals surface area contributed by atoms with Crippen LogP contribution >= 0.6 is 0 Å². The van der Waals surface area contributed by atoms with Crippen LogP contribution in [0.5, 0.6) is 0 Å². The van der Waals surface area contributed by atoms with E-state index in [0.717, 1.165) is 10.8 Å². The number of hydrogen-bond donors (Lipinski definition) is 1. The molecule has 3 aromatic rings. The van der Waals surface area contributed by atoms with Gasteiger partial charge in [0, 0.05) is 29.8 Å². The predicted octanol–water partition coefficient (Wildman–Crippen LogP) is 3.57. The first-order valence-electron chi connectivity index (χ1n) is 10.9. The Balaban J connectivity index is 1.27. The number of likely N-dealkylation sites (tertiary alicyclic amines) is 1. The maximum atomic E-state index is 13.5. The van der Waals surface area contributed by atoms with E-state index in [1.165, 1.54) is 23.1 Å². The van der Waals surface area contributed by atoms with E-state index in [1.807, 2.05) is 36.4 Å². The molecule has 0 radical (unpaired) electrons. The van der Waals surface area contributed by atoms with Gasteiger partial charge in [-0.05, 0) is 23.9 Å². The Morgan fingerprint density at radius 3 is 2.62 bits per heavy atom. The fourth-order valence-electron chi connectivity index (χ4n) is 5.41. The molecule has 3 aliphatic rings. The number of carbonyl (C=O) groups is 3. The number of carbonyl (C=O) groups excluding carboxylic acids is 3. The third-order valence-corrected chi connectivity index (χ3v) is 6.84. The molecular weight excluding hydrogens is 438 g/mol. The maximum absolute atomic E-state index is 13.5. The van der Waals surface area contributed by atoms with Gasteiger partial charge in [0.05, 0.1) is 22.7 Å². The first-order chi connectivity index (χ1) is 16.4. The molecule has 3 fully saturated rings. The molecule has 0 spiro atoms. The number of hydrogen-bond acceptors (Lipinski definition) is 5. The van der Waals surface area contributed by atoms with Gasteiger partial charge < -0.3 is 15.1 Å². The van der Waals surface area contributed by atoms with Gasteiger partial charge in [-0.2, -0.15) is 0 Å². The number of nitro groups is 1. The maximum Gasteiger partial charge on any atom is 0.332 e. The molecule has 10 heteroatoms. The minimum Gasteiger partial charge on any atom is -0.317 e. The lowest BCUT2D eigenvalue weighted by Gasteiger charge is -2.34. The van der Waals surface area contributed by atoms with Crippen molar-refractivity contribution >= 4 is 45.8 Å². The molecule has 3 aliphatic heterocycles. The number of urea groups is 2. The van der Waals surface area contributed by atoms with Crippen LogP contribution in [0.1, 0.15) is 6.42 Å². The SMILES string of the molecule is O=C1C2C3CC(CN3C(=O)Nc3cccc([N+](=O)[O-])c3)N2C(=O)N1c1cccc2ccccc12. The minimum absolute atomic E-state index is 0.130. The van der Waals surface area contributed by atoms with Crippen molar-refractivity contribution in [2.45, 2.75) is 24.5 Å². The van der Waals surface area contributed by atoms with Crippen LogP contribution < -0.4 is 10.2 Å². The zero-order valence-corrected chi connectivity index (χ0v) is 17.8. The van der Waals surface area contributed by atoms with Crippen LogP contribution in [-0.2, 0) is 4.79 Å². The first kappa shape index (κ1) is 20.2. The number of amides is 5. The van der Waals surface area contributed by atoms with E-state index in [-0.39, 0.29) is 23.7 Å². The van der Waals surface area contributed by atoms with Crippen molar-refractivity contribution in [1.29, 1.82) is 0 Å². The number of rotatable bonds is 3. The number of nitrogens with zero attached hydrogens (tertiary/aromatic N) is 4. The Morgan fingerprint density at radius 1 is 1.03 bits per heavy atom. The normalized spacial score (nSPS) is 23.1. The number of nitro benzene ring substituents is 1. The van der Waals surface area contributed by atoms with E-state index < -0.39 is 23.0 Å². The highest BCUT2D eigenvalue weighted by atomic mass is 16.6. The molecule has 2 bridgehead atoms. The van der Waals surface area contributed by atoms with Gasteiger partial charge in [0.2, 0.25) is 0 Å². The number of anilines is 2. The summed E-state index contributed by atoms with van der Waals surface area (Å²) in [5, 5.41) is 15.4. The lowest BCUT2D eigenvalue weighted by atomic mass is 10.1. The fraction of sp³-hybridized carbons (Fsp3) is 0.208. The highest BCUT2D eigenvalue weighted by molar-refractivity contribution is 6.25. The number of nitrogens with one attached hydrogen (secondary N) is 1. The zero-order chi connectivity index (χ0) is 23.6. The Labute approximate surface area is 193 Å². The average Bonchev–Trinajstić information content (AvgIpc) is 3.50. The van der Waals surface area contributed by atoms with Crippen molar-refractivity contribution < 1.29 is 19.3 Å². The monoisotopic (exact) mass is 457 g/mol. The van der Waals surface area contributed by atoms with Crippen LogP contribution in [0, 0.1) is 10.1 Å². The van der Waals surface area contributed by atoms with Crippen molar-refractivity contribution in [3.8, 4) is 0 Å². The molecule has 5 amide bonds. The van der Waals surface area contributed by atoms with Crippen molar-refractivity contribution in [3.63, 3.8) is 0 Å². The van der Waals surface area contributed by atoms with E-state index >= 15 is 0 Å². The third-order valence-electron chi connectivity index (χ3n) is 6.84. The van der Waals surface area contributed by atoms with Crippen molar-refractivity contribution in [1.82, 2.24) is 9.80 Å². The molecule has 34 heavy (non-hydrogen) atoms. The molecule has 0 saturated carbocycles. The summed E-state index contributed by atoms with van der Waals surface area (Å²) in [6.45, 7) is 0.296. The van der Waals surface area contributed by atoms with Crippen LogP contribution in [0.4, 0.5) is 26.7 Å². The molecule has 3 aromatic carbocycles. The molecule has 1 N–H and O–H groups in total. The Hall–Kier alpha value is -4.47. The molecule has 0 aliphatic carbocycles. The highest BCUT2D eigenvalue weighted by Gasteiger charge is 2.63. The van der Waals surface area contributed by atoms with Crippen LogP contribution in [0.3, 0.4) is 0 Å². The van der Waals surface area contributed by atoms with Gasteiger partial charge in [0.1, 0.15) is 6.04 Å². The molecule has 3 unspecified atom stereocenters. The van der Waals surface area contributed by atoms with Gasteiger partial charge in [-0.25, -0.2) is 14.5 Å². The van der Waals surface area contributed by atoms with E-state index in [2.05, 4.69) is 5.32 Å². The first-order valence-corrected chi connectivity index (χ1v) is 10.9. The standard InChI is InChI=1S/C24H19N5O5/c30-22-21-20-12-17(13-26(20)23(31)25-15-7-4-8-16(11-15)29(33)34)27(21)24(32)28(22)19-10-3-6-14-5-1-2-9-18(14)19/h1-11,17,20-21H,12-13H2,(H,25,31). The average molecular weight is 457 g/mol. The Kier molecular flexibility index (Phi) is 4.31. The molecule has 10 nitrogen and oxygen atoms in total. The van der Waals surface area contributed by atoms with Crippen LogP contribution in [0.25, 0.3) is 10.8 Å². The summed E-state index contributed by atoms with van der Waals surface area (Å²) < 4.78 is 0. The van der Waals surface area contributed by atoms with Crippen molar-refractivity contribution in [2.24, 2.45) is 0 Å². The Morgan fingerprint density at radius 2 is 1.79 bits per heavy atom. The lowest BCUT2D eigenvalue weighted by Crippen LogP contribution is -2.55. The summed E-state index contributed by atoms with van der Waals surface area (Å²) >= 11 is 0. The van der Waals surface area contributed by atoms with Gasteiger partial charge >= 0.3 is 12.1 Å². The quantitative estimate of drug-likeness (QED) is 0.367. The van der Waals surface area contributed by atoms with Crippen LogP contribution in [0.15, 0.2) is 66.7 Å². The van der Waals surface area contributed by atoms with Gasteiger partial charge in [0.25, 0.3) is 11.6 Å². The molecule has 170 valence electrons. The zero-order valence-electron chi connectivity index (χ0n) is 17.8. The second kappa shape index (κ2) is 7.27. The van der Waals surface area contributed by atoms with Gasteiger partial charge in [-0.3, -0.25) is 14.9 Å². The summed E-state index contributed by atoms with van der Waals surface area (Å²) in [6.07, 6.45) is 0.522. The van der Waals surface area contributed by atoms with Crippen molar-refractivity contribution in [2.75, 3.05) is 16.8 Å². The van der Waals surface area contributed by atoms with Crippen LogP contribution in [0.2, 0.25) is 0 Å². The third kappa shape index (κ3) is 2.84. The molecule has 3 atom stereocenters. The molecule has 0 aromatic heterocycles. The van der Waals surface area contributed by atoms with E-state index in [1.54, 1.807) is 21.9 Å². The van der Waals surface area contributed by atoms with Gasteiger partial charge in [0.15, 0.2) is 0 Å². The number of imide groups is 1. The summed E-state index contributed by atoms with van der Waals surface area (Å²) in [5.41, 5.74) is 0.703. The smallest absolute Gasteiger partial charge is 0.317 e. The summed E-state index contributed by atoms with van der Waals surface area (Å²) in [5.74, 6) is -0.346. The minimum atomic E-state index is -0.749. The van der Waals surface area contributed by atoms with Gasteiger partial charge in [-0.1, -0.05) is 42.5 Å². The Bertz CT molecular complexity index is 1390. The topological polar surface area (TPSA) is 116 Å². The summed E-state index contributed by atoms with van der Waals surface area (Å²) in [4.78, 5) is 54.7. The largest absolute Gasteiger partial charge is 0.332 e. The molecule has 3 heterocycles. The van der Waals surface area contributed by atoms with E-state index in [4.69, 9.17) is 0 Å². The molecular formula is C24H19N5O5. The second-order valence-corrected chi connectivity index (χ2v) is 8.65. The molecule has 3 saturated heterocycles. The van der Waals surface area contributed by atoms with E-state index in [0.29, 0.717) is 24.3 Å². The van der Waals surface area contributed by atoms with Gasteiger partial charge in [-0.15, -0.1) is 0 Å². The second-order valence-electron chi connectivity index (χ2n) is 8.65. The lowest BCUT2D eigenvalue weighted by molar-refractivity contribution is -0.384. The number of non-ortho nitro benzene ring substituents is 1. The number of fused-ring (bicyclic) bond motifs is 6. The fourth-order valence-corrected chi connectivity index (χ4v) is 5.41. The van der Waals surface area contributed by atoms with Crippen LogP contribution in [-0.4, -0.2) is 57.4 Å². The molecule has 6 rings (SSSR count). The van der Waals surface area contributed by atoms with Crippen molar-refractivity contribution in [3.05, 3.63) is 76.8 Å². The summed E-state index contributed by atoms with van der Waals surface area (Å²) in [7, 11) is 0. The predicted molar refractivity (Wildman–Crippen MR) is 123 cm³/mol. The number of piperazine rings is 1. The highest BCUT2D eigenvalue weighted by Crippen LogP contribution is 2.43. The number of benzene rings is 3. The summed E-state index contributed by atoms with van der Waals surface area (Å²) in [6, 6.07) is 16.5. The van der Waals surface area contributed by atoms with E-state index in [9.17, 15) is 24.5 Å².